The third-order valence-corrected chi connectivity index (χ3v) is 4.55. The molecule has 0 aliphatic carbocycles. The summed E-state index contributed by atoms with van der Waals surface area (Å²) in [5, 5.41) is 6.08. The number of aryl methyl sites for hydroxylation is 2. The molecule has 2 N–H and O–H groups in total. The number of carbonyl (C=O) groups excluding carboxylic acids is 2. The van der Waals surface area contributed by atoms with Crippen LogP contribution in [0.5, 0.6) is 0 Å². The van der Waals surface area contributed by atoms with E-state index < -0.39 is 11.6 Å². The molecule has 1 atom stereocenters. The smallest absolute Gasteiger partial charge is 0.357 e. The van der Waals surface area contributed by atoms with Gasteiger partial charge < -0.3 is 15.4 Å². The molecular formula is C19H17N3O3. The van der Waals surface area contributed by atoms with E-state index in [4.69, 9.17) is 4.74 Å². The minimum atomic E-state index is -1.37. The van der Waals surface area contributed by atoms with E-state index in [0.29, 0.717) is 22.5 Å². The molecule has 2 aliphatic rings. The Morgan fingerprint density at radius 2 is 1.76 bits per heavy atom. The van der Waals surface area contributed by atoms with E-state index in [1.807, 2.05) is 50.2 Å². The monoisotopic (exact) mass is 335 g/mol. The molecular weight excluding hydrogens is 318 g/mol. The van der Waals surface area contributed by atoms with Crippen LogP contribution in [0.2, 0.25) is 0 Å². The first-order valence-corrected chi connectivity index (χ1v) is 7.94. The van der Waals surface area contributed by atoms with Crippen molar-refractivity contribution in [2.24, 2.45) is 4.99 Å². The first-order chi connectivity index (χ1) is 11.9. The highest BCUT2D eigenvalue weighted by molar-refractivity contribution is 6.45. The van der Waals surface area contributed by atoms with Gasteiger partial charge in [0.15, 0.2) is 5.71 Å². The molecule has 4 rings (SSSR count). The molecule has 126 valence electrons. The van der Waals surface area contributed by atoms with E-state index in [9.17, 15) is 9.59 Å². The Morgan fingerprint density at radius 3 is 2.48 bits per heavy atom. The number of nitrogens with one attached hydrogen (secondary N) is 2. The van der Waals surface area contributed by atoms with Crippen molar-refractivity contribution in [3.63, 3.8) is 0 Å². The minimum absolute atomic E-state index is 0.143. The van der Waals surface area contributed by atoms with E-state index in [2.05, 4.69) is 15.6 Å². The number of rotatable bonds is 1. The number of esters is 1. The molecule has 6 heteroatoms. The topological polar surface area (TPSA) is 79.8 Å². The highest BCUT2D eigenvalue weighted by Gasteiger charge is 2.50. The standard InChI is InChI=1S/C19H17N3O3/c1-10-4-6-14-12(8-10)16(17(23)25-3)22-19(21-14)13-9-11(2)5-7-15(13)20-18(19)24/h4-9,21H,1-3H3,(H,20,24). The number of anilines is 2. The molecule has 0 aromatic heterocycles. The van der Waals surface area contributed by atoms with E-state index in [0.717, 1.165) is 11.1 Å². The van der Waals surface area contributed by atoms with E-state index >= 15 is 0 Å². The predicted molar refractivity (Wildman–Crippen MR) is 94.8 cm³/mol. The van der Waals surface area contributed by atoms with Crippen LogP contribution >= 0.6 is 0 Å². The molecule has 2 heterocycles. The molecule has 0 saturated carbocycles. The minimum Gasteiger partial charge on any atom is -0.464 e. The number of nitrogens with zero attached hydrogens (tertiary/aromatic N) is 1. The molecule has 0 bridgehead atoms. The van der Waals surface area contributed by atoms with Crippen LogP contribution in [0.4, 0.5) is 11.4 Å². The largest absolute Gasteiger partial charge is 0.464 e. The van der Waals surface area contributed by atoms with Gasteiger partial charge in [0, 0.05) is 22.5 Å². The predicted octanol–water partition coefficient (Wildman–Crippen LogP) is 2.50. The summed E-state index contributed by atoms with van der Waals surface area (Å²) in [4.78, 5) is 29.7. The van der Waals surface area contributed by atoms with Gasteiger partial charge in [-0.15, -0.1) is 0 Å². The zero-order valence-corrected chi connectivity index (χ0v) is 14.1. The van der Waals surface area contributed by atoms with Crippen LogP contribution in [0.25, 0.3) is 0 Å². The van der Waals surface area contributed by atoms with Crippen molar-refractivity contribution < 1.29 is 14.3 Å². The summed E-state index contributed by atoms with van der Waals surface area (Å²) >= 11 is 0. The zero-order chi connectivity index (χ0) is 17.8. The van der Waals surface area contributed by atoms with Crippen molar-refractivity contribution in [2.75, 3.05) is 17.7 Å². The van der Waals surface area contributed by atoms with Crippen LogP contribution in [0.1, 0.15) is 22.3 Å². The molecule has 25 heavy (non-hydrogen) atoms. The van der Waals surface area contributed by atoms with Gasteiger partial charge in [-0.05, 0) is 38.1 Å². The molecule has 1 amide bonds. The lowest BCUT2D eigenvalue weighted by molar-refractivity contribution is -0.132. The summed E-state index contributed by atoms with van der Waals surface area (Å²) in [6, 6.07) is 11.3. The Morgan fingerprint density at radius 1 is 1.08 bits per heavy atom. The Labute approximate surface area is 144 Å². The maximum absolute atomic E-state index is 12.8. The molecule has 0 saturated heterocycles. The molecule has 1 spiro atoms. The van der Waals surface area contributed by atoms with E-state index in [-0.39, 0.29) is 11.6 Å². The maximum atomic E-state index is 12.8. The highest BCUT2D eigenvalue weighted by Crippen LogP contribution is 2.43. The van der Waals surface area contributed by atoms with Crippen LogP contribution in [0.15, 0.2) is 41.4 Å². The van der Waals surface area contributed by atoms with Gasteiger partial charge >= 0.3 is 5.97 Å². The number of hydrogen-bond acceptors (Lipinski definition) is 5. The van der Waals surface area contributed by atoms with Gasteiger partial charge in [0.1, 0.15) is 0 Å². The van der Waals surface area contributed by atoms with Crippen LogP contribution in [0, 0.1) is 13.8 Å². The summed E-state index contributed by atoms with van der Waals surface area (Å²) < 4.78 is 4.91. The molecule has 6 nitrogen and oxygen atoms in total. The fraction of sp³-hybridized carbons (Fsp3) is 0.211. The van der Waals surface area contributed by atoms with Gasteiger partial charge in [-0.25, -0.2) is 9.79 Å². The number of fused-ring (bicyclic) bond motifs is 3. The van der Waals surface area contributed by atoms with Crippen LogP contribution < -0.4 is 10.6 Å². The number of amides is 1. The Balaban J connectivity index is 1.99. The fourth-order valence-electron chi connectivity index (χ4n) is 3.30. The third-order valence-electron chi connectivity index (χ3n) is 4.55. The Hall–Kier alpha value is -3.15. The maximum Gasteiger partial charge on any atom is 0.357 e. The molecule has 0 radical (unpaired) electrons. The van der Waals surface area contributed by atoms with Crippen LogP contribution in [0.3, 0.4) is 0 Å². The van der Waals surface area contributed by atoms with Gasteiger partial charge in [-0.3, -0.25) is 4.79 Å². The second-order valence-corrected chi connectivity index (χ2v) is 6.34. The van der Waals surface area contributed by atoms with Crippen molar-refractivity contribution in [1.82, 2.24) is 0 Å². The molecule has 1 unspecified atom stereocenters. The van der Waals surface area contributed by atoms with Crippen molar-refractivity contribution in [3.05, 3.63) is 58.7 Å². The van der Waals surface area contributed by atoms with Crippen molar-refractivity contribution in [2.45, 2.75) is 19.5 Å². The number of carbonyl (C=O) groups is 2. The SMILES string of the molecule is COC(=O)C1=NC2(Nc3ccc(C)cc31)C(=O)Nc1ccc(C)cc12. The lowest BCUT2D eigenvalue weighted by Gasteiger charge is -2.32. The van der Waals surface area contributed by atoms with Crippen molar-refractivity contribution in [1.29, 1.82) is 0 Å². The number of ether oxygens (including phenoxy) is 1. The summed E-state index contributed by atoms with van der Waals surface area (Å²) in [5.41, 5.74) is 3.45. The van der Waals surface area contributed by atoms with E-state index in [1.165, 1.54) is 7.11 Å². The molecule has 0 fully saturated rings. The second kappa shape index (κ2) is 5.17. The lowest BCUT2D eigenvalue weighted by Crippen LogP contribution is -2.45. The average Bonchev–Trinajstić information content (AvgIpc) is 2.85. The summed E-state index contributed by atoms with van der Waals surface area (Å²) in [5.74, 6) is -0.887. The van der Waals surface area contributed by atoms with Gasteiger partial charge in [0.25, 0.3) is 5.91 Å². The van der Waals surface area contributed by atoms with Crippen molar-refractivity contribution >= 4 is 29.0 Å². The van der Waals surface area contributed by atoms with Gasteiger partial charge in [-0.1, -0.05) is 23.3 Å². The first-order valence-electron chi connectivity index (χ1n) is 7.94. The quantitative estimate of drug-likeness (QED) is 0.785. The lowest BCUT2D eigenvalue weighted by atomic mass is 9.93. The highest BCUT2D eigenvalue weighted by atomic mass is 16.5. The number of aliphatic imine (C=N–C) groups is 1. The van der Waals surface area contributed by atoms with Gasteiger partial charge in [0.05, 0.1) is 7.11 Å². The van der Waals surface area contributed by atoms with Gasteiger partial charge in [-0.2, -0.15) is 0 Å². The summed E-state index contributed by atoms with van der Waals surface area (Å²) in [7, 11) is 1.31. The number of methoxy groups -OCH3 is 1. The number of hydrogen-bond donors (Lipinski definition) is 2. The average molecular weight is 335 g/mol. The third kappa shape index (κ3) is 2.14. The Kier molecular flexibility index (Phi) is 3.18. The molecule has 2 aliphatic heterocycles. The second-order valence-electron chi connectivity index (χ2n) is 6.34. The Bertz CT molecular complexity index is 964. The first kappa shape index (κ1) is 15.4. The van der Waals surface area contributed by atoms with Crippen LogP contribution in [-0.4, -0.2) is 24.7 Å². The fourth-order valence-corrected chi connectivity index (χ4v) is 3.30. The van der Waals surface area contributed by atoms with Crippen molar-refractivity contribution in [3.8, 4) is 0 Å². The molecule has 2 aromatic carbocycles. The van der Waals surface area contributed by atoms with Gasteiger partial charge in [0.2, 0.25) is 5.66 Å². The number of benzene rings is 2. The van der Waals surface area contributed by atoms with Crippen LogP contribution in [-0.2, 0) is 20.0 Å². The normalized spacial score (nSPS) is 20.3. The summed E-state index contributed by atoms with van der Waals surface area (Å²) in [6.07, 6.45) is 0. The zero-order valence-electron chi connectivity index (χ0n) is 14.1. The molecule has 2 aromatic rings. The van der Waals surface area contributed by atoms with E-state index in [1.54, 1.807) is 0 Å². The summed E-state index contributed by atoms with van der Waals surface area (Å²) in [6.45, 7) is 3.88.